The molecule has 0 fully saturated rings. The van der Waals surface area contributed by atoms with Gasteiger partial charge in [-0.3, -0.25) is 0 Å². The number of sulfonamides is 1. The molecule has 1 aromatic carbocycles. The normalized spacial score (nSPS) is 11.6. The van der Waals surface area contributed by atoms with Gasteiger partial charge in [0.1, 0.15) is 0 Å². The van der Waals surface area contributed by atoms with Gasteiger partial charge in [-0.05, 0) is 23.8 Å². The Morgan fingerprint density at radius 2 is 2.00 bits per heavy atom. The average molecular weight is 222 g/mol. The molecule has 0 saturated carbocycles. The second kappa shape index (κ2) is 3.63. The molecule has 72 valence electrons. The molecule has 0 atom stereocenters. The molecular formula is C7H8ClNO3S. The molecule has 0 aliphatic rings. The van der Waals surface area contributed by atoms with E-state index in [1.807, 2.05) is 0 Å². The fourth-order valence-corrected chi connectivity index (χ4v) is 1.81. The van der Waals surface area contributed by atoms with E-state index in [2.05, 4.69) is 0 Å². The number of primary sulfonamides is 1. The first-order chi connectivity index (χ1) is 5.93. The zero-order valence-corrected chi connectivity index (χ0v) is 8.14. The van der Waals surface area contributed by atoms with E-state index in [1.165, 1.54) is 18.2 Å². The van der Waals surface area contributed by atoms with Crippen LogP contribution in [0.3, 0.4) is 0 Å². The zero-order valence-electron chi connectivity index (χ0n) is 6.57. The van der Waals surface area contributed by atoms with E-state index in [1.54, 1.807) is 0 Å². The van der Waals surface area contributed by atoms with Crippen molar-refractivity contribution in [3.05, 3.63) is 28.8 Å². The quantitative estimate of drug-likeness (QED) is 0.762. The topological polar surface area (TPSA) is 80.4 Å². The molecule has 0 unspecified atom stereocenters. The first-order valence-corrected chi connectivity index (χ1v) is 5.29. The van der Waals surface area contributed by atoms with Crippen LogP contribution in [0.5, 0.6) is 0 Å². The number of aliphatic hydroxyl groups excluding tert-OH is 1. The molecule has 0 bridgehead atoms. The molecule has 3 N–H and O–H groups in total. The van der Waals surface area contributed by atoms with Gasteiger partial charge in [-0.2, -0.15) is 0 Å². The molecule has 13 heavy (non-hydrogen) atoms. The minimum Gasteiger partial charge on any atom is -0.392 e. The second-order valence-electron chi connectivity index (χ2n) is 2.50. The van der Waals surface area contributed by atoms with Crippen LogP contribution in [0, 0.1) is 0 Å². The van der Waals surface area contributed by atoms with Crippen molar-refractivity contribution in [2.75, 3.05) is 0 Å². The summed E-state index contributed by atoms with van der Waals surface area (Å²) in [4.78, 5) is -0.0935. The van der Waals surface area contributed by atoms with Gasteiger partial charge in [0.15, 0.2) is 0 Å². The van der Waals surface area contributed by atoms with Crippen molar-refractivity contribution >= 4 is 21.6 Å². The maximum atomic E-state index is 10.9. The van der Waals surface area contributed by atoms with E-state index in [4.69, 9.17) is 21.8 Å². The smallest absolute Gasteiger partial charge is 0.238 e. The number of hydrogen-bond acceptors (Lipinski definition) is 3. The van der Waals surface area contributed by atoms with Gasteiger partial charge in [-0.1, -0.05) is 11.6 Å². The summed E-state index contributed by atoms with van der Waals surface area (Å²) >= 11 is 5.60. The Kier molecular flexibility index (Phi) is 2.92. The number of aliphatic hydroxyl groups is 1. The summed E-state index contributed by atoms with van der Waals surface area (Å²) in [7, 11) is -3.75. The zero-order chi connectivity index (χ0) is 10.1. The Bertz CT molecular complexity index is 416. The lowest BCUT2D eigenvalue weighted by Crippen LogP contribution is -2.12. The van der Waals surface area contributed by atoms with Crippen molar-refractivity contribution in [2.24, 2.45) is 5.14 Å². The summed E-state index contributed by atoms with van der Waals surface area (Å²) in [6, 6.07) is 3.98. The van der Waals surface area contributed by atoms with E-state index in [0.717, 1.165) is 0 Å². The van der Waals surface area contributed by atoms with Crippen LogP contribution in [0.25, 0.3) is 0 Å². The lowest BCUT2D eigenvalue weighted by atomic mass is 10.2. The molecule has 6 heteroatoms. The lowest BCUT2D eigenvalue weighted by Gasteiger charge is -2.02. The molecule has 1 aromatic rings. The molecule has 1 rings (SSSR count). The van der Waals surface area contributed by atoms with Crippen molar-refractivity contribution in [3.63, 3.8) is 0 Å². The minimum atomic E-state index is -3.75. The van der Waals surface area contributed by atoms with Gasteiger partial charge >= 0.3 is 0 Å². The lowest BCUT2D eigenvalue weighted by molar-refractivity contribution is 0.281. The summed E-state index contributed by atoms with van der Waals surface area (Å²) in [6.07, 6.45) is 0. The monoisotopic (exact) mass is 221 g/mol. The van der Waals surface area contributed by atoms with Crippen LogP contribution >= 0.6 is 11.6 Å². The Labute approximate surface area is 81.0 Å². The molecule has 0 saturated heterocycles. The average Bonchev–Trinajstić information content (AvgIpc) is 2.01. The van der Waals surface area contributed by atoms with Gasteiger partial charge in [-0.15, -0.1) is 0 Å². The largest absolute Gasteiger partial charge is 0.392 e. The maximum Gasteiger partial charge on any atom is 0.238 e. The summed E-state index contributed by atoms with van der Waals surface area (Å²) in [6.45, 7) is -0.275. The Morgan fingerprint density at radius 1 is 1.38 bits per heavy atom. The van der Waals surface area contributed by atoms with Gasteiger partial charge in [0.25, 0.3) is 0 Å². The van der Waals surface area contributed by atoms with E-state index < -0.39 is 10.0 Å². The predicted octanol–water partition coefficient (Wildman–Crippen LogP) is 0.480. The van der Waals surface area contributed by atoms with Gasteiger partial charge in [-0.25, -0.2) is 13.6 Å². The Morgan fingerprint density at radius 3 is 2.46 bits per heavy atom. The third kappa shape index (κ3) is 2.67. The molecule has 0 amide bonds. The Balaban J connectivity index is 3.33. The van der Waals surface area contributed by atoms with Crippen LogP contribution in [0.15, 0.2) is 23.1 Å². The summed E-state index contributed by atoms with van der Waals surface area (Å²) in [5, 5.41) is 13.9. The van der Waals surface area contributed by atoms with Gasteiger partial charge in [0.05, 0.1) is 11.5 Å². The standard InChI is InChI=1S/C7H8ClNO3S/c8-6-1-5(4-10)2-7(3-6)13(9,11)12/h1-3,10H,4H2,(H2,9,11,12). The van der Waals surface area contributed by atoms with E-state index >= 15 is 0 Å². The highest BCUT2D eigenvalue weighted by Gasteiger charge is 2.09. The van der Waals surface area contributed by atoms with Crippen LogP contribution in [-0.2, 0) is 16.6 Å². The van der Waals surface area contributed by atoms with Gasteiger partial charge in [0.2, 0.25) is 10.0 Å². The first kappa shape index (κ1) is 10.5. The molecule has 0 aliphatic heterocycles. The van der Waals surface area contributed by atoms with Crippen molar-refractivity contribution in [1.29, 1.82) is 0 Å². The minimum absolute atomic E-state index is 0.0935. The molecule has 0 spiro atoms. The predicted molar refractivity (Wildman–Crippen MR) is 48.7 cm³/mol. The highest BCUT2D eigenvalue weighted by atomic mass is 35.5. The van der Waals surface area contributed by atoms with Crippen LogP contribution in [0.1, 0.15) is 5.56 Å². The van der Waals surface area contributed by atoms with Crippen molar-refractivity contribution < 1.29 is 13.5 Å². The summed E-state index contributed by atoms with van der Waals surface area (Å²) in [5.41, 5.74) is 0.413. The van der Waals surface area contributed by atoms with Crippen LogP contribution in [-0.4, -0.2) is 13.5 Å². The van der Waals surface area contributed by atoms with Gasteiger partial charge in [0, 0.05) is 5.02 Å². The number of rotatable bonds is 2. The number of hydrogen-bond donors (Lipinski definition) is 2. The number of nitrogens with two attached hydrogens (primary N) is 1. The highest BCUT2D eigenvalue weighted by Crippen LogP contribution is 2.17. The third-order valence-electron chi connectivity index (χ3n) is 1.44. The maximum absolute atomic E-state index is 10.9. The van der Waals surface area contributed by atoms with Gasteiger partial charge < -0.3 is 5.11 Å². The number of benzene rings is 1. The third-order valence-corrected chi connectivity index (χ3v) is 2.55. The molecule has 0 heterocycles. The molecule has 0 aliphatic carbocycles. The molecule has 0 aromatic heterocycles. The number of halogens is 1. The van der Waals surface area contributed by atoms with E-state index in [0.29, 0.717) is 5.56 Å². The summed E-state index contributed by atoms with van der Waals surface area (Å²) < 4.78 is 21.8. The van der Waals surface area contributed by atoms with Crippen molar-refractivity contribution in [3.8, 4) is 0 Å². The first-order valence-electron chi connectivity index (χ1n) is 3.36. The second-order valence-corrected chi connectivity index (χ2v) is 4.50. The molecule has 0 radical (unpaired) electrons. The van der Waals surface area contributed by atoms with Crippen LogP contribution in [0.4, 0.5) is 0 Å². The molecular weight excluding hydrogens is 214 g/mol. The van der Waals surface area contributed by atoms with Crippen LogP contribution in [0.2, 0.25) is 5.02 Å². The van der Waals surface area contributed by atoms with Crippen LogP contribution < -0.4 is 5.14 Å². The van der Waals surface area contributed by atoms with E-state index in [9.17, 15) is 8.42 Å². The van der Waals surface area contributed by atoms with Crippen molar-refractivity contribution in [1.82, 2.24) is 0 Å². The van der Waals surface area contributed by atoms with E-state index in [-0.39, 0.29) is 16.5 Å². The van der Waals surface area contributed by atoms with Crippen molar-refractivity contribution in [2.45, 2.75) is 11.5 Å². The summed E-state index contributed by atoms with van der Waals surface area (Å²) in [5.74, 6) is 0. The highest BCUT2D eigenvalue weighted by molar-refractivity contribution is 7.89. The SMILES string of the molecule is NS(=O)(=O)c1cc(Cl)cc(CO)c1. The fraction of sp³-hybridized carbons (Fsp3) is 0.143. The fourth-order valence-electron chi connectivity index (χ4n) is 0.876. The Hall–Kier alpha value is -0.620. The molecule has 4 nitrogen and oxygen atoms in total.